The maximum atomic E-state index is 5.42. The second-order valence-electron chi connectivity index (χ2n) is 6.66. The monoisotopic (exact) mass is 331 g/mol. The number of benzene rings is 1. The lowest BCUT2D eigenvalue weighted by Crippen LogP contribution is -2.46. The number of ether oxygens (including phenoxy) is 2. The van der Waals surface area contributed by atoms with Crippen molar-refractivity contribution in [3.05, 3.63) is 35.9 Å². The number of aliphatic imine (C=N–C) groups is 1. The maximum Gasteiger partial charge on any atom is 0.191 e. The van der Waals surface area contributed by atoms with Gasteiger partial charge in [0, 0.05) is 25.0 Å². The minimum absolute atomic E-state index is 0.0783. The summed E-state index contributed by atoms with van der Waals surface area (Å²) in [5, 5.41) is 6.90. The van der Waals surface area contributed by atoms with Crippen LogP contribution in [0.3, 0.4) is 0 Å². The molecule has 1 aromatic carbocycles. The van der Waals surface area contributed by atoms with E-state index in [1.54, 1.807) is 21.3 Å². The first-order valence-electron chi connectivity index (χ1n) is 8.35. The summed E-state index contributed by atoms with van der Waals surface area (Å²) in [6.07, 6.45) is 6.52. The van der Waals surface area contributed by atoms with Gasteiger partial charge in [-0.15, -0.1) is 0 Å². The number of nitrogens with one attached hydrogen (secondary N) is 2. The fraction of sp³-hybridized carbons (Fsp3) is 0.526. The van der Waals surface area contributed by atoms with E-state index in [0.29, 0.717) is 6.04 Å². The Labute approximate surface area is 145 Å². The zero-order valence-electron chi connectivity index (χ0n) is 15.3. The Bertz CT molecular complexity index is 601. The van der Waals surface area contributed by atoms with Gasteiger partial charge in [-0.2, -0.15) is 0 Å². The third-order valence-electron chi connectivity index (χ3n) is 4.44. The Kier molecular flexibility index (Phi) is 6.12. The summed E-state index contributed by atoms with van der Waals surface area (Å²) in [5.41, 5.74) is 1.11. The lowest BCUT2D eigenvalue weighted by atomic mass is 9.84. The molecule has 132 valence electrons. The third kappa shape index (κ3) is 4.43. The number of hydrogen-bond donors (Lipinski definition) is 2. The van der Waals surface area contributed by atoms with Gasteiger partial charge in [-0.3, -0.25) is 4.99 Å². The van der Waals surface area contributed by atoms with Crippen LogP contribution < -0.4 is 20.1 Å². The summed E-state index contributed by atoms with van der Waals surface area (Å²) >= 11 is 0. The highest BCUT2D eigenvalue weighted by Gasteiger charge is 2.23. The molecule has 1 aromatic rings. The van der Waals surface area contributed by atoms with E-state index >= 15 is 0 Å². The molecule has 24 heavy (non-hydrogen) atoms. The summed E-state index contributed by atoms with van der Waals surface area (Å²) < 4.78 is 10.7. The Morgan fingerprint density at radius 2 is 1.83 bits per heavy atom. The number of guanidine groups is 1. The summed E-state index contributed by atoms with van der Waals surface area (Å²) in [4.78, 5) is 4.33. The molecule has 5 nitrogen and oxygen atoms in total. The van der Waals surface area contributed by atoms with Gasteiger partial charge in [0.2, 0.25) is 0 Å². The molecule has 0 aromatic heterocycles. The van der Waals surface area contributed by atoms with E-state index < -0.39 is 0 Å². The molecule has 0 atom stereocenters. The summed E-state index contributed by atoms with van der Waals surface area (Å²) in [7, 11) is 5.12. The topological polar surface area (TPSA) is 54.9 Å². The van der Waals surface area contributed by atoms with Crippen molar-refractivity contribution in [2.45, 2.75) is 38.1 Å². The molecule has 0 bridgehead atoms. The summed E-state index contributed by atoms with van der Waals surface area (Å²) in [5.74, 6) is 2.34. The molecule has 1 aliphatic carbocycles. The van der Waals surface area contributed by atoms with Crippen molar-refractivity contribution in [3.8, 4) is 11.5 Å². The number of methoxy groups -OCH3 is 2. The lowest BCUT2D eigenvalue weighted by Gasteiger charge is -2.28. The van der Waals surface area contributed by atoms with E-state index in [4.69, 9.17) is 9.47 Å². The van der Waals surface area contributed by atoms with Crippen LogP contribution in [0.5, 0.6) is 11.5 Å². The van der Waals surface area contributed by atoms with Crippen molar-refractivity contribution in [2.24, 2.45) is 4.99 Å². The Morgan fingerprint density at radius 3 is 2.42 bits per heavy atom. The molecule has 0 saturated carbocycles. The third-order valence-corrected chi connectivity index (χ3v) is 4.44. The van der Waals surface area contributed by atoms with Crippen molar-refractivity contribution >= 4 is 5.96 Å². The number of rotatable bonds is 6. The molecule has 1 aliphatic rings. The average molecular weight is 331 g/mol. The molecule has 0 radical (unpaired) electrons. The largest absolute Gasteiger partial charge is 0.493 e. The molecule has 5 heteroatoms. The van der Waals surface area contributed by atoms with Crippen molar-refractivity contribution < 1.29 is 9.47 Å². The quantitative estimate of drug-likeness (QED) is 0.478. The fourth-order valence-corrected chi connectivity index (χ4v) is 2.79. The first-order chi connectivity index (χ1) is 11.5. The molecule has 2 rings (SSSR count). The van der Waals surface area contributed by atoms with Crippen LogP contribution in [0, 0.1) is 0 Å². The van der Waals surface area contributed by atoms with E-state index in [-0.39, 0.29) is 5.41 Å². The van der Waals surface area contributed by atoms with E-state index in [1.165, 1.54) is 5.56 Å². The second-order valence-corrected chi connectivity index (χ2v) is 6.66. The van der Waals surface area contributed by atoms with Gasteiger partial charge in [0.05, 0.1) is 14.2 Å². The van der Waals surface area contributed by atoms with Gasteiger partial charge >= 0.3 is 0 Å². The van der Waals surface area contributed by atoms with Gasteiger partial charge in [-0.05, 0) is 30.5 Å². The molecule has 0 saturated heterocycles. The van der Waals surface area contributed by atoms with Crippen LogP contribution in [-0.2, 0) is 5.41 Å². The van der Waals surface area contributed by atoms with Crippen LogP contribution in [0.15, 0.2) is 35.3 Å². The van der Waals surface area contributed by atoms with Crippen LogP contribution >= 0.6 is 0 Å². The van der Waals surface area contributed by atoms with Crippen LogP contribution in [0.25, 0.3) is 0 Å². The predicted octanol–water partition coefficient (Wildman–Crippen LogP) is 2.87. The Hall–Kier alpha value is -2.17. The van der Waals surface area contributed by atoms with Gasteiger partial charge < -0.3 is 20.1 Å². The van der Waals surface area contributed by atoms with Crippen LogP contribution in [0.4, 0.5) is 0 Å². The molecule has 0 heterocycles. The van der Waals surface area contributed by atoms with Gasteiger partial charge in [-0.25, -0.2) is 0 Å². The summed E-state index contributed by atoms with van der Waals surface area (Å²) in [6.45, 7) is 5.17. The highest BCUT2D eigenvalue weighted by molar-refractivity contribution is 5.80. The fourth-order valence-electron chi connectivity index (χ4n) is 2.79. The molecule has 0 aliphatic heterocycles. The zero-order valence-corrected chi connectivity index (χ0v) is 15.3. The van der Waals surface area contributed by atoms with Gasteiger partial charge in [-0.1, -0.05) is 32.1 Å². The number of hydrogen-bond acceptors (Lipinski definition) is 3. The predicted molar refractivity (Wildman–Crippen MR) is 99.2 cm³/mol. The number of nitrogens with zero attached hydrogens (tertiary/aromatic N) is 1. The SMILES string of the molecule is CN=C(NCC(C)(C)c1ccc(OC)c(OC)c1)NC1CC=CC1. The first-order valence-corrected chi connectivity index (χ1v) is 8.35. The molecule has 2 N–H and O–H groups in total. The average Bonchev–Trinajstić information content (AvgIpc) is 3.10. The van der Waals surface area contributed by atoms with Crippen LogP contribution in [0.2, 0.25) is 0 Å². The molecular weight excluding hydrogens is 302 g/mol. The molecular formula is C19H29N3O2. The van der Waals surface area contributed by atoms with Crippen molar-refractivity contribution in [2.75, 3.05) is 27.8 Å². The summed E-state index contributed by atoms with van der Waals surface area (Å²) in [6, 6.07) is 6.52. The Morgan fingerprint density at radius 1 is 1.17 bits per heavy atom. The van der Waals surface area contributed by atoms with E-state index in [9.17, 15) is 0 Å². The van der Waals surface area contributed by atoms with Crippen molar-refractivity contribution in [1.82, 2.24) is 10.6 Å². The Balaban J connectivity index is 2.01. The van der Waals surface area contributed by atoms with Gasteiger partial charge in [0.1, 0.15) is 0 Å². The minimum atomic E-state index is -0.0783. The van der Waals surface area contributed by atoms with E-state index in [1.807, 2.05) is 12.1 Å². The van der Waals surface area contributed by atoms with Crippen LogP contribution in [-0.4, -0.2) is 39.8 Å². The van der Waals surface area contributed by atoms with E-state index in [2.05, 4.69) is 47.7 Å². The highest BCUT2D eigenvalue weighted by Crippen LogP contribution is 2.32. The van der Waals surface area contributed by atoms with E-state index in [0.717, 1.165) is 36.8 Å². The normalized spacial score (nSPS) is 15.5. The molecule has 0 unspecified atom stereocenters. The standard InChI is InChI=1S/C19H29N3O2/c1-19(2,14-10-11-16(23-4)17(12-14)24-5)13-21-18(20-3)22-15-8-6-7-9-15/h6-7,10-12,15H,8-9,13H2,1-5H3,(H2,20,21,22). The first kappa shape index (κ1) is 18.2. The second kappa shape index (κ2) is 8.08. The lowest BCUT2D eigenvalue weighted by molar-refractivity contribution is 0.353. The smallest absolute Gasteiger partial charge is 0.191 e. The van der Waals surface area contributed by atoms with Crippen molar-refractivity contribution in [1.29, 1.82) is 0 Å². The molecule has 0 fully saturated rings. The zero-order chi connectivity index (χ0) is 17.6. The molecule has 0 amide bonds. The van der Waals surface area contributed by atoms with Gasteiger partial charge in [0.15, 0.2) is 17.5 Å². The molecule has 0 spiro atoms. The maximum absolute atomic E-state index is 5.42. The highest BCUT2D eigenvalue weighted by atomic mass is 16.5. The minimum Gasteiger partial charge on any atom is -0.493 e. The van der Waals surface area contributed by atoms with Crippen molar-refractivity contribution in [3.63, 3.8) is 0 Å². The van der Waals surface area contributed by atoms with Crippen LogP contribution in [0.1, 0.15) is 32.3 Å². The van der Waals surface area contributed by atoms with Gasteiger partial charge in [0.25, 0.3) is 0 Å².